The smallest absolute Gasteiger partial charge is 0.457 e. The highest BCUT2D eigenvalue weighted by molar-refractivity contribution is 7.47. The van der Waals surface area contributed by atoms with Gasteiger partial charge in [-0.05, 0) is 64.2 Å². The van der Waals surface area contributed by atoms with Crippen molar-refractivity contribution < 1.29 is 43.0 Å². The number of unbranched alkanes of at least 4 members (excludes halogenated alkanes) is 8. The first kappa shape index (κ1) is 44.2. The average molecular weight is 671 g/mol. The van der Waals surface area contributed by atoms with E-state index in [2.05, 4.69) is 74.6 Å². The molecule has 3 unspecified atom stereocenters. The minimum absolute atomic E-state index is 0.00494. The fourth-order valence-corrected chi connectivity index (χ4v) is 4.83. The summed E-state index contributed by atoms with van der Waals surface area (Å²) in [6.07, 6.45) is 34.8. The number of esters is 1. The fourth-order valence-electron chi connectivity index (χ4n) is 4.04. The molecule has 0 aromatic carbocycles. The molecule has 9 nitrogen and oxygen atoms in total. The maximum atomic E-state index is 12.5. The zero-order chi connectivity index (χ0) is 34.0. The van der Waals surface area contributed by atoms with Gasteiger partial charge in [-0.15, -0.1) is 0 Å². The molecule has 0 rings (SSSR count). The quantitative estimate of drug-likeness (QED) is 0.0279. The molecule has 0 bridgehead atoms. The molecule has 3 N–H and O–H groups in total. The molecule has 266 valence electrons. The summed E-state index contributed by atoms with van der Waals surface area (Å²) in [5.74, 6) is -0.416. The summed E-state index contributed by atoms with van der Waals surface area (Å²) in [6.45, 7) is 3.15. The first-order chi connectivity index (χ1) is 22.3. The molecule has 0 fully saturated rings. The number of ether oxygens (including phenoxy) is 2. The van der Waals surface area contributed by atoms with E-state index >= 15 is 0 Å². The largest absolute Gasteiger partial charge is 0.472 e. The predicted molar refractivity (Wildman–Crippen MR) is 186 cm³/mol. The molecule has 0 aliphatic rings. The van der Waals surface area contributed by atoms with Crippen molar-refractivity contribution in [1.29, 1.82) is 0 Å². The molecule has 0 radical (unpaired) electrons. The zero-order valence-corrected chi connectivity index (χ0v) is 29.4. The minimum atomic E-state index is -4.52. The van der Waals surface area contributed by atoms with Crippen LogP contribution in [0, 0.1) is 0 Å². The summed E-state index contributed by atoms with van der Waals surface area (Å²) in [5, 5.41) is 18.2. The number of carbonyl (C=O) groups excluding carboxylic acids is 1. The lowest BCUT2D eigenvalue weighted by Crippen LogP contribution is -2.29. The monoisotopic (exact) mass is 670 g/mol. The number of hydrogen-bond acceptors (Lipinski definition) is 8. The molecule has 3 atom stereocenters. The molecule has 0 heterocycles. The number of rotatable bonds is 32. The Balaban J connectivity index is 4.41. The van der Waals surface area contributed by atoms with Gasteiger partial charge in [0.25, 0.3) is 0 Å². The normalized spacial score (nSPS) is 15.2. The summed E-state index contributed by atoms with van der Waals surface area (Å²) >= 11 is 0. The van der Waals surface area contributed by atoms with Crippen LogP contribution in [-0.2, 0) is 27.9 Å². The molecule has 0 aliphatic carbocycles. The van der Waals surface area contributed by atoms with Crippen molar-refractivity contribution in [3.05, 3.63) is 60.8 Å². The Bertz CT molecular complexity index is 898. The van der Waals surface area contributed by atoms with Crippen LogP contribution in [0.4, 0.5) is 0 Å². The molecule has 0 aliphatic heterocycles. The van der Waals surface area contributed by atoms with Gasteiger partial charge in [-0.25, -0.2) is 4.57 Å². The van der Waals surface area contributed by atoms with E-state index in [9.17, 15) is 19.4 Å². The number of hydrogen-bond donors (Lipinski definition) is 3. The van der Waals surface area contributed by atoms with Gasteiger partial charge in [0.2, 0.25) is 0 Å². The highest BCUT2D eigenvalue weighted by Crippen LogP contribution is 2.43. The molecule has 10 heteroatoms. The van der Waals surface area contributed by atoms with Gasteiger partial charge in [0, 0.05) is 13.0 Å². The molecular formula is C36H63O9P. The van der Waals surface area contributed by atoms with Gasteiger partial charge in [-0.1, -0.05) is 107 Å². The Labute approximate surface area is 279 Å². The summed E-state index contributed by atoms with van der Waals surface area (Å²) in [6, 6.07) is 0. The van der Waals surface area contributed by atoms with Crippen LogP contribution in [0.25, 0.3) is 0 Å². The Hall–Kier alpha value is -1.84. The maximum Gasteiger partial charge on any atom is 0.472 e. The average Bonchev–Trinajstić information content (AvgIpc) is 3.04. The van der Waals surface area contributed by atoms with E-state index in [0.29, 0.717) is 13.0 Å². The second kappa shape index (κ2) is 33.1. The van der Waals surface area contributed by atoms with Crippen molar-refractivity contribution in [3.63, 3.8) is 0 Å². The lowest BCUT2D eigenvalue weighted by atomic mass is 10.1. The first-order valence-corrected chi connectivity index (χ1v) is 18.8. The molecule has 0 amide bonds. The second-order valence-corrected chi connectivity index (χ2v) is 12.6. The van der Waals surface area contributed by atoms with E-state index in [1.165, 1.54) is 12.8 Å². The molecule has 0 saturated heterocycles. The summed E-state index contributed by atoms with van der Waals surface area (Å²) in [7, 11) is -4.52. The van der Waals surface area contributed by atoms with E-state index < -0.39 is 45.8 Å². The third kappa shape index (κ3) is 32.1. The summed E-state index contributed by atoms with van der Waals surface area (Å²) in [5.41, 5.74) is 0. The van der Waals surface area contributed by atoms with Gasteiger partial charge in [0.05, 0.1) is 26.4 Å². The second-order valence-electron chi connectivity index (χ2n) is 11.1. The summed E-state index contributed by atoms with van der Waals surface area (Å²) < 4.78 is 33.0. The highest BCUT2D eigenvalue weighted by atomic mass is 31.2. The van der Waals surface area contributed by atoms with Gasteiger partial charge in [-0.3, -0.25) is 13.8 Å². The Morgan fingerprint density at radius 1 is 0.696 bits per heavy atom. The Morgan fingerprint density at radius 2 is 1.24 bits per heavy atom. The van der Waals surface area contributed by atoms with Crippen LogP contribution in [-0.4, -0.2) is 66.3 Å². The molecule has 46 heavy (non-hydrogen) atoms. The van der Waals surface area contributed by atoms with E-state index in [1.807, 2.05) is 0 Å². The third-order valence-corrected chi connectivity index (χ3v) is 7.64. The lowest BCUT2D eigenvalue weighted by Gasteiger charge is -2.20. The van der Waals surface area contributed by atoms with Crippen LogP contribution in [0.3, 0.4) is 0 Å². The van der Waals surface area contributed by atoms with Gasteiger partial charge < -0.3 is 24.6 Å². The van der Waals surface area contributed by atoms with E-state index in [-0.39, 0.29) is 13.0 Å². The number of phosphoric ester groups is 1. The topological polar surface area (TPSA) is 132 Å². The number of phosphoric acid groups is 1. The molecule has 0 saturated carbocycles. The van der Waals surface area contributed by atoms with Crippen molar-refractivity contribution in [1.82, 2.24) is 0 Å². The number of carbonyl (C=O) groups is 1. The minimum Gasteiger partial charge on any atom is -0.457 e. The van der Waals surface area contributed by atoms with Crippen LogP contribution in [0.15, 0.2) is 60.8 Å². The molecule has 0 aromatic heterocycles. The Kier molecular flexibility index (Phi) is 31.8. The molecule has 0 spiro atoms. The van der Waals surface area contributed by atoms with E-state index in [0.717, 1.165) is 77.0 Å². The fraction of sp³-hybridized carbons (Fsp3) is 0.694. The van der Waals surface area contributed by atoms with Crippen molar-refractivity contribution in [2.45, 2.75) is 129 Å². The summed E-state index contributed by atoms with van der Waals surface area (Å²) in [4.78, 5) is 22.4. The van der Waals surface area contributed by atoms with Crippen LogP contribution in [0.1, 0.15) is 117 Å². The lowest BCUT2D eigenvalue weighted by molar-refractivity contribution is -0.154. The molecule has 0 aromatic rings. The van der Waals surface area contributed by atoms with Crippen molar-refractivity contribution in [2.24, 2.45) is 0 Å². The predicted octanol–water partition coefficient (Wildman–Crippen LogP) is 8.46. The van der Waals surface area contributed by atoms with Crippen molar-refractivity contribution >= 4 is 13.8 Å². The molecular weight excluding hydrogens is 607 g/mol. The van der Waals surface area contributed by atoms with Crippen molar-refractivity contribution in [2.75, 3.05) is 33.0 Å². The third-order valence-electron chi connectivity index (χ3n) is 6.69. The Morgan fingerprint density at radius 3 is 1.89 bits per heavy atom. The first-order valence-electron chi connectivity index (χ1n) is 17.3. The van der Waals surface area contributed by atoms with Crippen molar-refractivity contribution in [3.8, 4) is 0 Å². The van der Waals surface area contributed by atoms with Gasteiger partial charge in [-0.2, -0.15) is 0 Å². The highest BCUT2D eigenvalue weighted by Gasteiger charge is 2.26. The SMILES string of the molecule is CC/C=C\C/C=C\C/C=C\C/C=C\CCCOCC(COP(=O)(O)OCC(O)CO)OC(=O)CCCCCCC/C=C\CCCC. The van der Waals surface area contributed by atoms with Crippen LogP contribution >= 0.6 is 7.82 Å². The van der Waals surface area contributed by atoms with Crippen LogP contribution < -0.4 is 0 Å². The number of aliphatic hydroxyl groups is 2. The van der Waals surface area contributed by atoms with Crippen LogP contribution in [0.2, 0.25) is 0 Å². The maximum absolute atomic E-state index is 12.5. The standard InChI is InChI=1S/C36H63O9P/c1-3-5-7-9-11-13-15-16-17-19-21-23-25-27-29-42-32-35(33-44-46(40,41)43-31-34(38)30-37)45-36(39)28-26-24-22-20-18-14-12-10-8-6-4-2/h5,7,10-13,16-17,21,23,34-35,37-38H,3-4,6,8-9,14-15,18-20,22,24-33H2,1-2H3,(H,40,41)/b7-5-,12-10-,13-11-,17-16-,23-21-. The number of allylic oxidation sites excluding steroid dienone is 10. The number of aliphatic hydroxyl groups excluding tert-OH is 2. The van der Waals surface area contributed by atoms with Gasteiger partial charge >= 0.3 is 13.8 Å². The van der Waals surface area contributed by atoms with E-state index in [1.54, 1.807) is 0 Å². The van der Waals surface area contributed by atoms with Crippen LogP contribution in [0.5, 0.6) is 0 Å². The van der Waals surface area contributed by atoms with Gasteiger partial charge in [0.15, 0.2) is 0 Å². The van der Waals surface area contributed by atoms with E-state index in [4.69, 9.17) is 23.6 Å². The van der Waals surface area contributed by atoms with Gasteiger partial charge in [0.1, 0.15) is 12.2 Å². The zero-order valence-electron chi connectivity index (χ0n) is 28.5.